The lowest BCUT2D eigenvalue weighted by atomic mass is 9.96. The molecule has 228 valence electrons. The van der Waals surface area contributed by atoms with Crippen molar-refractivity contribution in [1.82, 2.24) is 14.9 Å². The maximum atomic E-state index is 12.4. The van der Waals surface area contributed by atoms with Gasteiger partial charge in [-0.25, -0.2) is 0 Å². The molecule has 44 heavy (non-hydrogen) atoms. The van der Waals surface area contributed by atoms with Crippen molar-refractivity contribution in [3.8, 4) is 17.2 Å². The number of benzene rings is 2. The summed E-state index contributed by atoms with van der Waals surface area (Å²) < 4.78 is 18.0. The molecular weight excluding hydrogens is 584 g/mol. The summed E-state index contributed by atoms with van der Waals surface area (Å²) in [5.74, 6) is 0.640. The van der Waals surface area contributed by atoms with E-state index in [1.54, 1.807) is 24.4 Å². The summed E-state index contributed by atoms with van der Waals surface area (Å²) in [6.45, 7) is 3.78. The molecule has 2 aromatic heterocycles. The van der Waals surface area contributed by atoms with Crippen molar-refractivity contribution in [3.63, 3.8) is 0 Å². The monoisotopic (exact) mass is 616 g/mol. The first-order chi connectivity index (χ1) is 21.2. The minimum absolute atomic E-state index is 0.0483. The fourth-order valence-electron chi connectivity index (χ4n) is 5.63. The van der Waals surface area contributed by atoms with Crippen LogP contribution in [0.25, 0.3) is 5.69 Å². The van der Waals surface area contributed by atoms with Gasteiger partial charge in [0.05, 0.1) is 48.3 Å². The van der Waals surface area contributed by atoms with Gasteiger partial charge in [-0.3, -0.25) is 19.9 Å². The molecule has 1 aliphatic rings. The fourth-order valence-corrected chi connectivity index (χ4v) is 5.98. The number of pyridine rings is 1. The minimum Gasteiger partial charge on any atom is -0.495 e. The van der Waals surface area contributed by atoms with Gasteiger partial charge in [0.2, 0.25) is 5.91 Å². The first kappa shape index (κ1) is 30.4. The maximum absolute atomic E-state index is 12.4. The molecule has 0 spiro atoms. The number of carbonyl (C=O) groups excluding carboxylic acids is 1. The standard InChI is InChI=1S/C31H32N6O6S/c1-18-14-22(19(2)35(18)25-16-21(37(39)40)10-12-27(25)43-5)30-29(23-8-6-7-13-32-23)34-31(44)36(30)20-9-11-26(42-4)24(15-20)33-28(38)17-41-3/h6-16,29-30H,17H2,1-5H3,(H,33,38)(H,34,44). The van der Waals surface area contributed by atoms with E-state index in [4.69, 9.17) is 26.4 Å². The molecule has 0 saturated carbocycles. The van der Waals surface area contributed by atoms with E-state index >= 15 is 0 Å². The molecule has 5 rings (SSSR count). The topological polar surface area (TPSA) is 133 Å². The Morgan fingerprint density at radius 2 is 1.82 bits per heavy atom. The normalized spacial score (nSPS) is 16.0. The number of thiocarbonyl (C=S) groups is 1. The van der Waals surface area contributed by atoms with Crippen LogP contribution in [0.5, 0.6) is 11.5 Å². The average Bonchev–Trinajstić information content (AvgIpc) is 3.51. The van der Waals surface area contributed by atoms with E-state index in [1.165, 1.54) is 33.5 Å². The van der Waals surface area contributed by atoms with E-state index in [0.29, 0.717) is 33.7 Å². The van der Waals surface area contributed by atoms with Crippen LogP contribution in [-0.4, -0.2) is 53.4 Å². The summed E-state index contributed by atoms with van der Waals surface area (Å²) in [7, 11) is 4.51. The third-order valence-corrected chi connectivity index (χ3v) is 7.83. The van der Waals surface area contributed by atoms with Crippen molar-refractivity contribution >= 4 is 40.3 Å². The predicted octanol–water partition coefficient (Wildman–Crippen LogP) is 5.18. The number of anilines is 2. The summed E-state index contributed by atoms with van der Waals surface area (Å²) in [5, 5.41) is 18.4. The van der Waals surface area contributed by atoms with Crippen LogP contribution < -0.4 is 25.0 Å². The second-order valence-corrected chi connectivity index (χ2v) is 10.5. The number of aryl methyl sites for hydroxylation is 1. The van der Waals surface area contributed by atoms with Gasteiger partial charge in [-0.1, -0.05) is 6.07 Å². The van der Waals surface area contributed by atoms with Gasteiger partial charge >= 0.3 is 0 Å². The number of methoxy groups -OCH3 is 3. The number of carbonyl (C=O) groups is 1. The lowest BCUT2D eigenvalue weighted by molar-refractivity contribution is -0.384. The number of amides is 1. The van der Waals surface area contributed by atoms with Gasteiger partial charge in [0.15, 0.2) is 5.11 Å². The summed E-state index contributed by atoms with van der Waals surface area (Å²) in [6, 6.07) is 17.0. The van der Waals surface area contributed by atoms with E-state index in [-0.39, 0.29) is 24.2 Å². The number of nitrogens with zero attached hydrogens (tertiary/aromatic N) is 4. The van der Waals surface area contributed by atoms with Gasteiger partial charge < -0.3 is 34.3 Å². The highest BCUT2D eigenvalue weighted by Crippen LogP contribution is 2.45. The van der Waals surface area contributed by atoms with Crippen LogP contribution in [-0.2, 0) is 9.53 Å². The van der Waals surface area contributed by atoms with Crippen LogP contribution in [0.15, 0.2) is 66.9 Å². The maximum Gasteiger partial charge on any atom is 0.271 e. The summed E-state index contributed by atoms with van der Waals surface area (Å²) in [6.07, 6.45) is 1.73. The molecule has 1 amide bonds. The highest BCUT2D eigenvalue weighted by atomic mass is 32.1. The van der Waals surface area contributed by atoms with Gasteiger partial charge in [-0.2, -0.15) is 0 Å². The molecule has 3 heterocycles. The van der Waals surface area contributed by atoms with E-state index in [2.05, 4.69) is 15.6 Å². The first-order valence-corrected chi connectivity index (χ1v) is 14.1. The highest BCUT2D eigenvalue weighted by molar-refractivity contribution is 7.80. The Kier molecular flexibility index (Phi) is 8.78. The zero-order chi connectivity index (χ0) is 31.5. The highest BCUT2D eigenvalue weighted by Gasteiger charge is 2.42. The molecule has 2 N–H and O–H groups in total. The molecule has 0 aliphatic carbocycles. The van der Waals surface area contributed by atoms with Crippen LogP contribution in [0.1, 0.15) is 34.7 Å². The second-order valence-electron chi connectivity index (χ2n) is 10.1. The molecule has 4 aromatic rings. The molecule has 1 fully saturated rings. The van der Waals surface area contributed by atoms with Crippen molar-refractivity contribution in [3.05, 3.63) is 99.6 Å². The van der Waals surface area contributed by atoms with Gasteiger partial charge in [-0.15, -0.1) is 0 Å². The largest absolute Gasteiger partial charge is 0.495 e. The number of ether oxygens (including phenoxy) is 3. The Bertz CT molecular complexity index is 1730. The lowest BCUT2D eigenvalue weighted by Gasteiger charge is -2.29. The molecule has 2 atom stereocenters. The Labute approximate surface area is 259 Å². The van der Waals surface area contributed by atoms with Crippen molar-refractivity contribution in [2.75, 3.05) is 38.2 Å². The predicted molar refractivity (Wildman–Crippen MR) is 170 cm³/mol. The third kappa shape index (κ3) is 5.66. The Hall–Kier alpha value is -5.01. The lowest BCUT2D eigenvalue weighted by Crippen LogP contribution is -2.29. The van der Waals surface area contributed by atoms with Crippen LogP contribution in [0.4, 0.5) is 17.1 Å². The van der Waals surface area contributed by atoms with Gasteiger partial charge in [0.25, 0.3) is 5.69 Å². The molecule has 0 bridgehead atoms. The average molecular weight is 617 g/mol. The minimum atomic E-state index is -0.428. The molecule has 13 heteroatoms. The van der Waals surface area contributed by atoms with E-state index in [1.807, 2.05) is 53.6 Å². The van der Waals surface area contributed by atoms with Crippen LogP contribution in [0, 0.1) is 24.0 Å². The van der Waals surface area contributed by atoms with Crippen LogP contribution in [0.3, 0.4) is 0 Å². The number of rotatable bonds is 10. The van der Waals surface area contributed by atoms with Crippen LogP contribution in [0.2, 0.25) is 0 Å². The fraction of sp³-hybridized carbons (Fsp3) is 0.258. The molecule has 1 saturated heterocycles. The number of nitrogens with one attached hydrogen (secondary N) is 2. The SMILES string of the molecule is COCC(=O)Nc1cc(N2C(=S)NC(c3ccccn3)C2c2cc(C)n(-c3cc([N+](=O)[O-])ccc3OC)c2C)ccc1OC. The van der Waals surface area contributed by atoms with Crippen molar-refractivity contribution in [1.29, 1.82) is 0 Å². The molecule has 1 aliphatic heterocycles. The van der Waals surface area contributed by atoms with Crippen molar-refractivity contribution in [2.24, 2.45) is 0 Å². The third-order valence-electron chi connectivity index (χ3n) is 7.51. The summed E-state index contributed by atoms with van der Waals surface area (Å²) in [5.41, 5.74) is 5.04. The van der Waals surface area contributed by atoms with Gasteiger partial charge in [-0.05, 0) is 74.1 Å². The second kappa shape index (κ2) is 12.7. The number of nitro groups is 1. The molecule has 0 radical (unpaired) electrons. The molecule has 12 nitrogen and oxygen atoms in total. The van der Waals surface area contributed by atoms with Gasteiger partial charge in [0.1, 0.15) is 18.1 Å². The van der Waals surface area contributed by atoms with Gasteiger partial charge in [0, 0.05) is 42.5 Å². The number of nitro benzene ring substituents is 1. The number of hydrogen-bond donors (Lipinski definition) is 2. The zero-order valence-electron chi connectivity index (χ0n) is 24.9. The molecular formula is C31H32N6O6S. The Morgan fingerprint density at radius 3 is 2.48 bits per heavy atom. The summed E-state index contributed by atoms with van der Waals surface area (Å²) in [4.78, 5) is 30.3. The summed E-state index contributed by atoms with van der Waals surface area (Å²) >= 11 is 5.92. The number of aromatic nitrogens is 2. The van der Waals surface area contributed by atoms with Crippen molar-refractivity contribution < 1.29 is 23.9 Å². The molecule has 2 unspecified atom stereocenters. The number of non-ortho nitro benzene ring substituents is 1. The Balaban J connectivity index is 1.68. The van der Waals surface area contributed by atoms with E-state index in [0.717, 1.165) is 22.6 Å². The molecule has 2 aromatic carbocycles. The van der Waals surface area contributed by atoms with E-state index in [9.17, 15) is 14.9 Å². The first-order valence-electron chi connectivity index (χ1n) is 13.7. The van der Waals surface area contributed by atoms with Crippen molar-refractivity contribution in [2.45, 2.75) is 25.9 Å². The van der Waals surface area contributed by atoms with Crippen LogP contribution >= 0.6 is 12.2 Å². The van der Waals surface area contributed by atoms with E-state index < -0.39 is 11.0 Å². The zero-order valence-corrected chi connectivity index (χ0v) is 25.7. The number of hydrogen-bond acceptors (Lipinski definition) is 8. The quantitative estimate of drug-likeness (QED) is 0.140. The smallest absolute Gasteiger partial charge is 0.271 e. The Morgan fingerprint density at radius 1 is 1.07 bits per heavy atom.